The number of fused-ring (bicyclic) bond motifs is 3. The molecule has 0 aliphatic heterocycles. The van der Waals surface area contributed by atoms with Crippen molar-refractivity contribution in [3.63, 3.8) is 0 Å². The number of aromatic amines is 1. The van der Waals surface area contributed by atoms with Crippen molar-refractivity contribution in [2.24, 2.45) is 5.73 Å². The van der Waals surface area contributed by atoms with Crippen molar-refractivity contribution in [1.29, 1.82) is 0 Å². The monoisotopic (exact) mass is 246 g/mol. The van der Waals surface area contributed by atoms with Crippen LogP contribution in [0.25, 0.3) is 21.7 Å². The van der Waals surface area contributed by atoms with Crippen LogP contribution in [0.3, 0.4) is 0 Å². The molecule has 0 fully saturated rings. The Morgan fingerprint density at radius 3 is 2.65 bits per heavy atom. The molecule has 1 heterocycles. The molecule has 0 amide bonds. The second kappa shape index (κ2) is 4.78. The van der Waals surface area contributed by atoms with Crippen molar-refractivity contribution in [3.8, 4) is 0 Å². The lowest BCUT2D eigenvalue weighted by molar-refractivity contribution is 0.976. The van der Waals surface area contributed by atoms with Gasteiger partial charge in [0.25, 0.3) is 0 Å². The van der Waals surface area contributed by atoms with E-state index >= 15 is 0 Å². The van der Waals surface area contributed by atoms with Crippen molar-refractivity contribution in [2.75, 3.05) is 6.54 Å². The van der Waals surface area contributed by atoms with E-state index in [1.54, 1.807) is 0 Å². The Bertz CT molecular complexity index is 643. The van der Waals surface area contributed by atoms with Crippen LogP contribution in [0.1, 0.15) is 5.56 Å². The predicted octanol–water partition coefficient (Wildman–Crippen LogP) is 3.24. The molecule has 0 unspecified atom stereocenters. The van der Waals surface area contributed by atoms with Gasteiger partial charge in [0, 0.05) is 17.0 Å². The normalized spacial score (nSPS) is 10.6. The van der Waals surface area contributed by atoms with Gasteiger partial charge in [0.1, 0.15) is 0 Å². The van der Waals surface area contributed by atoms with Crippen molar-refractivity contribution in [2.45, 2.75) is 6.42 Å². The molecule has 3 N–H and O–H groups in total. The van der Waals surface area contributed by atoms with E-state index < -0.39 is 0 Å². The van der Waals surface area contributed by atoms with E-state index in [-0.39, 0.29) is 12.4 Å². The summed E-state index contributed by atoms with van der Waals surface area (Å²) in [5.41, 5.74) is 8.14. The molecular weight excluding hydrogens is 232 g/mol. The smallest absolute Gasteiger partial charge is 0.0536 e. The first kappa shape index (κ1) is 12.0. The van der Waals surface area contributed by atoms with Gasteiger partial charge in [-0.3, -0.25) is 0 Å². The van der Waals surface area contributed by atoms with Crippen molar-refractivity contribution < 1.29 is 0 Å². The molecule has 3 rings (SSSR count). The Morgan fingerprint density at radius 1 is 1.00 bits per heavy atom. The van der Waals surface area contributed by atoms with Crippen molar-refractivity contribution in [3.05, 3.63) is 48.2 Å². The largest absolute Gasteiger partial charge is 0.360 e. The fraction of sp³-hybridized carbons (Fsp3) is 0.143. The number of hydrogen-bond donors (Lipinski definition) is 2. The summed E-state index contributed by atoms with van der Waals surface area (Å²) in [7, 11) is 0. The van der Waals surface area contributed by atoms with E-state index in [2.05, 4.69) is 47.6 Å². The first-order chi connectivity index (χ1) is 7.90. The molecule has 2 nitrogen and oxygen atoms in total. The zero-order valence-corrected chi connectivity index (χ0v) is 10.3. The predicted molar refractivity (Wildman–Crippen MR) is 75.8 cm³/mol. The summed E-state index contributed by atoms with van der Waals surface area (Å²) in [6.45, 7) is 0.694. The number of aromatic nitrogens is 1. The molecule has 3 heteroatoms. The Balaban J connectivity index is 0.00000108. The summed E-state index contributed by atoms with van der Waals surface area (Å²) < 4.78 is 0. The molecule has 0 atom stereocenters. The van der Waals surface area contributed by atoms with Gasteiger partial charge < -0.3 is 10.7 Å². The summed E-state index contributed by atoms with van der Waals surface area (Å²) >= 11 is 0. The Morgan fingerprint density at radius 2 is 1.82 bits per heavy atom. The zero-order valence-electron chi connectivity index (χ0n) is 9.44. The Labute approximate surface area is 106 Å². The first-order valence-electron chi connectivity index (χ1n) is 5.58. The van der Waals surface area contributed by atoms with E-state index in [0.29, 0.717) is 6.54 Å². The van der Waals surface area contributed by atoms with Gasteiger partial charge in [0.05, 0.1) is 5.52 Å². The molecule has 88 valence electrons. The summed E-state index contributed by atoms with van der Waals surface area (Å²) in [5.74, 6) is 0. The van der Waals surface area contributed by atoms with Crippen molar-refractivity contribution in [1.82, 2.24) is 4.98 Å². The lowest BCUT2D eigenvalue weighted by Crippen LogP contribution is -2.01. The SMILES string of the molecule is Cl.NCCc1c[nH]c2c1ccc1ccccc12. The van der Waals surface area contributed by atoms with Crippen LogP contribution in [-0.4, -0.2) is 11.5 Å². The van der Waals surface area contributed by atoms with Gasteiger partial charge in [0.15, 0.2) is 0 Å². The molecule has 1 aromatic heterocycles. The van der Waals surface area contributed by atoms with Gasteiger partial charge in [0.2, 0.25) is 0 Å². The van der Waals surface area contributed by atoms with E-state index in [4.69, 9.17) is 5.73 Å². The molecule has 0 aliphatic rings. The summed E-state index contributed by atoms with van der Waals surface area (Å²) in [4.78, 5) is 3.36. The van der Waals surface area contributed by atoms with Crippen LogP contribution in [0.2, 0.25) is 0 Å². The minimum Gasteiger partial charge on any atom is -0.360 e. The Hall–Kier alpha value is -1.51. The minimum absolute atomic E-state index is 0. The number of nitrogens with one attached hydrogen (secondary N) is 1. The molecule has 17 heavy (non-hydrogen) atoms. The third-order valence-electron chi connectivity index (χ3n) is 3.08. The third-order valence-corrected chi connectivity index (χ3v) is 3.08. The van der Waals surface area contributed by atoms with Crippen LogP contribution >= 0.6 is 12.4 Å². The van der Waals surface area contributed by atoms with Gasteiger partial charge >= 0.3 is 0 Å². The number of rotatable bonds is 2. The minimum atomic E-state index is 0. The zero-order chi connectivity index (χ0) is 11.0. The molecule has 3 aromatic rings. The Kier molecular flexibility index (Phi) is 3.36. The van der Waals surface area contributed by atoms with E-state index in [9.17, 15) is 0 Å². The maximum absolute atomic E-state index is 5.61. The molecule has 2 aromatic carbocycles. The molecule has 0 saturated carbocycles. The molecule has 0 radical (unpaired) electrons. The molecule has 0 aliphatic carbocycles. The summed E-state index contributed by atoms with van der Waals surface area (Å²) in [6.07, 6.45) is 3.00. The average Bonchev–Trinajstić information content (AvgIpc) is 2.73. The van der Waals surface area contributed by atoms with E-state index in [1.165, 1.54) is 27.2 Å². The molecule has 0 saturated heterocycles. The first-order valence-corrected chi connectivity index (χ1v) is 5.58. The van der Waals surface area contributed by atoms with Gasteiger partial charge in [-0.15, -0.1) is 12.4 Å². The van der Waals surface area contributed by atoms with Crippen LogP contribution in [0.4, 0.5) is 0 Å². The maximum Gasteiger partial charge on any atom is 0.0536 e. The quantitative estimate of drug-likeness (QED) is 0.716. The average molecular weight is 247 g/mol. The number of nitrogens with two attached hydrogens (primary N) is 1. The number of hydrogen-bond acceptors (Lipinski definition) is 1. The molecule has 0 bridgehead atoms. The van der Waals surface area contributed by atoms with Gasteiger partial charge in [-0.1, -0.05) is 36.4 Å². The van der Waals surface area contributed by atoms with Crippen LogP contribution < -0.4 is 5.73 Å². The van der Waals surface area contributed by atoms with Crippen LogP contribution in [-0.2, 0) is 6.42 Å². The summed E-state index contributed by atoms with van der Waals surface area (Å²) in [5, 5.41) is 3.85. The fourth-order valence-corrected chi connectivity index (χ4v) is 2.29. The third kappa shape index (κ3) is 1.90. The van der Waals surface area contributed by atoms with E-state index in [1.807, 2.05) is 0 Å². The highest BCUT2D eigenvalue weighted by Gasteiger charge is 2.05. The van der Waals surface area contributed by atoms with Crippen LogP contribution in [0.15, 0.2) is 42.6 Å². The van der Waals surface area contributed by atoms with Gasteiger partial charge in [-0.25, -0.2) is 0 Å². The number of halogens is 1. The number of H-pyrrole nitrogens is 1. The second-order valence-corrected chi connectivity index (χ2v) is 4.06. The van der Waals surface area contributed by atoms with Crippen LogP contribution in [0.5, 0.6) is 0 Å². The lowest BCUT2D eigenvalue weighted by Gasteiger charge is -2.00. The van der Waals surface area contributed by atoms with Gasteiger partial charge in [-0.2, -0.15) is 0 Å². The van der Waals surface area contributed by atoms with Gasteiger partial charge in [-0.05, 0) is 23.9 Å². The second-order valence-electron chi connectivity index (χ2n) is 4.06. The molecular formula is C14H15ClN2. The molecule has 0 spiro atoms. The summed E-state index contributed by atoms with van der Waals surface area (Å²) in [6, 6.07) is 12.8. The highest BCUT2D eigenvalue weighted by atomic mass is 35.5. The van der Waals surface area contributed by atoms with Crippen molar-refractivity contribution >= 4 is 34.1 Å². The number of benzene rings is 2. The standard InChI is InChI=1S/C14H14N2.ClH/c15-8-7-11-9-16-14-12-4-2-1-3-10(12)5-6-13(11)14;/h1-6,9,16H,7-8,15H2;1H. The fourth-order valence-electron chi connectivity index (χ4n) is 2.29. The maximum atomic E-state index is 5.61. The topological polar surface area (TPSA) is 41.8 Å². The highest BCUT2D eigenvalue weighted by molar-refractivity contribution is 6.06. The highest BCUT2D eigenvalue weighted by Crippen LogP contribution is 2.26. The lowest BCUT2D eigenvalue weighted by atomic mass is 10.0. The van der Waals surface area contributed by atoms with E-state index in [0.717, 1.165) is 6.42 Å². The van der Waals surface area contributed by atoms with Crippen LogP contribution in [0, 0.1) is 0 Å².